The molecule has 8 heteroatoms. The quantitative estimate of drug-likeness (QED) is 0.493. The fourth-order valence-electron chi connectivity index (χ4n) is 1.64. The molecule has 0 saturated heterocycles. The average molecular weight is 296 g/mol. The zero-order valence-corrected chi connectivity index (χ0v) is 11.3. The van der Waals surface area contributed by atoms with Crippen LogP contribution in [0, 0.1) is 0 Å². The number of hydrogen-bond donors (Lipinski definition) is 5. The third-order valence-corrected chi connectivity index (χ3v) is 2.78. The summed E-state index contributed by atoms with van der Waals surface area (Å²) in [5, 5.41) is 32.2. The van der Waals surface area contributed by atoms with Crippen molar-refractivity contribution in [3.05, 3.63) is 23.8 Å². The van der Waals surface area contributed by atoms with Crippen LogP contribution in [-0.2, 0) is 9.59 Å². The van der Waals surface area contributed by atoms with Crippen LogP contribution in [0.5, 0.6) is 5.75 Å². The zero-order chi connectivity index (χ0) is 16.0. The van der Waals surface area contributed by atoms with Gasteiger partial charge in [-0.1, -0.05) is 0 Å². The highest BCUT2D eigenvalue weighted by molar-refractivity contribution is 5.99. The fourth-order valence-corrected chi connectivity index (χ4v) is 1.64. The van der Waals surface area contributed by atoms with Gasteiger partial charge in [-0.3, -0.25) is 9.59 Å². The molecule has 21 heavy (non-hydrogen) atoms. The summed E-state index contributed by atoms with van der Waals surface area (Å²) >= 11 is 0. The monoisotopic (exact) mass is 296 g/mol. The topological polar surface area (TPSA) is 136 Å². The Balaban J connectivity index is 2.82. The molecule has 0 spiro atoms. The molecule has 0 saturated carbocycles. The van der Waals surface area contributed by atoms with Crippen LogP contribution in [0.4, 0.5) is 5.69 Å². The van der Waals surface area contributed by atoms with Crippen molar-refractivity contribution < 1.29 is 29.7 Å². The predicted octanol–water partition coefficient (Wildman–Crippen LogP) is 0.482. The van der Waals surface area contributed by atoms with E-state index in [0.29, 0.717) is 5.69 Å². The Labute approximate surface area is 120 Å². The van der Waals surface area contributed by atoms with Crippen molar-refractivity contribution in [1.29, 1.82) is 0 Å². The minimum Gasteiger partial charge on any atom is -0.507 e. The van der Waals surface area contributed by atoms with Crippen LogP contribution in [0.2, 0.25) is 0 Å². The van der Waals surface area contributed by atoms with Gasteiger partial charge >= 0.3 is 11.9 Å². The lowest BCUT2D eigenvalue weighted by molar-refractivity contribution is -0.140. The average Bonchev–Trinajstić information content (AvgIpc) is 2.42. The maximum absolute atomic E-state index is 11.9. The van der Waals surface area contributed by atoms with E-state index in [1.165, 1.54) is 12.1 Å². The Morgan fingerprint density at radius 3 is 2.38 bits per heavy atom. The summed E-state index contributed by atoms with van der Waals surface area (Å²) in [7, 11) is 1.64. The van der Waals surface area contributed by atoms with Crippen LogP contribution < -0.4 is 10.6 Å². The summed E-state index contributed by atoms with van der Waals surface area (Å²) in [5.74, 6) is -3.58. The molecule has 114 valence electrons. The van der Waals surface area contributed by atoms with Gasteiger partial charge < -0.3 is 26.0 Å². The number of phenols is 1. The summed E-state index contributed by atoms with van der Waals surface area (Å²) in [5.41, 5.74) is 0.500. The summed E-state index contributed by atoms with van der Waals surface area (Å²) in [6, 6.07) is 2.87. The number of benzene rings is 1. The molecular weight excluding hydrogens is 280 g/mol. The van der Waals surface area contributed by atoms with E-state index < -0.39 is 23.9 Å². The number of carbonyl (C=O) groups is 3. The van der Waals surface area contributed by atoms with Crippen molar-refractivity contribution in [2.45, 2.75) is 18.9 Å². The number of aliphatic carboxylic acids is 2. The maximum atomic E-state index is 11.9. The molecule has 0 aliphatic carbocycles. The zero-order valence-electron chi connectivity index (χ0n) is 11.3. The smallest absolute Gasteiger partial charge is 0.326 e. The molecule has 0 radical (unpaired) electrons. The molecule has 0 aliphatic rings. The van der Waals surface area contributed by atoms with E-state index in [-0.39, 0.29) is 24.2 Å². The largest absolute Gasteiger partial charge is 0.507 e. The van der Waals surface area contributed by atoms with Crippen LogP contribution in [0.25, 0.3) is 0 Å². The molecule has 1 atom stereocenters. The van der Waals surface area contributed by atoms with Crippen LogP contribution in [0.1, 0.15) is 23.2 Å². The molecular formula is C13H16N2O6. The number of carboxylic acid groups (broad SMARTS) is 2. The normalized spacial score (nSPS) is 11.5. The molecule has 0 heterocycles. The Morgan fingerprint density at radius 2 is 1.90 bits per heavy atom. The van der Waals surface area contributed by atoms with Gasteiger partial charge in [0.15, 0.2) is 0 Å². The molecule has 0 aliphatic heterocycles. The lowest BCUT2D eigenvalue weighted by Crippen LogP contribution is -2.41. The van der Waals surface area contributed by atoms with Gasteiger partial charge in [-0.15, -0.1) is 0 Å². The van der Waals surface area contributed by atoms with Crippen molar-refractivity contribution in [3.63, 3.8) is 0 Å². The molecule has 5 N–H and O–H groups in total. The minimum atomic E-state index is -1.34. The molecule has 1 rings (SSSR count). The third-order valence-electron chi connectivity index (χ3n) is 2.78. The van der Waals surface area contributed by atoms with Gasteiger partial charge in [-0.25, -0.2) is 4.79 Å². The van der Waals surface area contributed by atoms with E-state index >= 15 is 0 Å². The lowest BCUT2D eigenvalue weighted by atomic mass is 10.1. The summed E-state index contributed by atoms with van der Waals surface area (Å²) in [6.45, 7) is 0. The Bertz CT molecular complexity index is 558. The van der Waals surface area contributed by atoms with Gasteiger partial charge in [-0.2, -0.15) is 0 Å². The van der Waals surface area contributed by atoms with Crippen molar-refractivity contribution in [3.8, 4) is 5.75 Å². The Hall–Kier alpha value is -2.77. The minimum absolute atomic E-state index is 0.0874. The molecule has 1 aromatic carbocycles. The Morgan fingerprint density at radius 1 is 1.24 bits per heavy atom. The second-order valence-corrected chi connectivity index (χ2v) is 4.28. The SMILES string of the molecule is CNc1ccc(C(=O)N[C@@H](CCC(=O)O)C(=O)O)c(O)c1. The van der Waals surface area contributed by atoms with Gasteiger partial charge in [0.1, 0.15) is 11.8 Å². The second-order valence-electron chi connectivity index (χ2n) is 4.28. The first-order chi connectivity index (χ1) is 9.85. The molecule has 0 fully saturated rings. The second kappa shape index (κ2) is 7.13. The standard InChI is InChI=1S/C13H16N2O6/c1-14-7-2-3-8(10(16)6-7)12(19)15-9(13(20)21)4-5-11(17)18/h2-3,6,9,14,16H,4-5H2,1H3,(H,15,19)(H,17,18)(H,20,21)/t9-/m0/s1. The van der Waals surface area contributed by atoms with Crippen LogP contribution in [0.3, 0.4) is 0 Å². The van der Waals surface area contributed by atoms with Gasteiger partial charge in [-0.05, 0) is 18.6 Å². The van der Waals surface area contributed by atoms with E-state index in [1.807, 2.05) is 0 Å². The molecule has 8 nitrogen and oxygen atoms in total. The number of nitrogens with one attached hydrogen (secondary N) is 2. The van der Waals surface area contributed by atoms with Crippen molar-refractivity contribution in [2.24, 2.45) is 0 Å². The van der Waals surface area contributed by atoms with Gasteiger partial charge in [0, 0.05) is 25.2 Å². The summed E-state index contributed by atoms with van der Waals surface area (Å²) < 4.78 is 0. The molecule has 1 amide bonds. The lowest BCUT2D eigenvalue weighted by Gasteiger charge is -2.14. The van der Waals surface area contributed by atoms with Gasteiger partial charge in [0.2, 0.25) is 0 Å². The highest BCUT2D eigenvalue weighted by Crippen LogP contribution is 2.21. The molecule has 0 bridgehead atoms. The number of carboxylic acids is 2. The van der Waals surface area contributed by atoms with Crippen LogP contribution in [-0.4, -0.2) is 46.3 Å². The molecule has 0 aromatic heterocycles. The third kappa shape index (κ3) is 4.68. The number of hydrogen-bond acceptors (Lipinski definition) is 5. The number of amides is 1. The first-order valence-electron chi connectivity index (χ1n) is 6.11. The number of aromatic hydroxyl groups is 1. The van der Waals surface area contributed by atoms with Gasteiger partial charge in [0.05, 0.1) is 5.56 Å². The summed E-state index contributed by atoms with van der Waals surface area (Å²) in [4.78, 5) is 33.4. The highest BCUT2D eigenvalue weighted by Gasteiger charge is 2.22. The molecule has 0 unspecified atom stereocenters. The van der Waals surface area contributed by atoms with E-state index in [4.69, 9.17) is 10.2 Å². The Kier molecular flexibility index (Phi) is 5.53. The van der Waals surface area contributed by atoms with Crippen LogP contribution in [0.15, 0.2) is 18.2 Å². The first-order valence-corrected chi connectivity index (χ1v) is 6.11. The van der Waals surface area contributed by atoms with Gasteiger partial charge in [0.25, 0.3) is 5.91 Å². The predicted molar refractivity (Wildman–Crippen MR) is 73.4 cm³/mol. The van der Waals surface area contributed by atoms with E-state index in [0.717, 1.165) is 0 Å². The molecule has 1 aromatic rings. The number of anilines is 1. The van der Waals surface area contributed by atoms with Crippen LogP contribution >= 0.6 is 0 Å². The van der Waals surface area contributed by atoms with E-state index in [1.54, 1.807) is 13.1 Å². The first kappa shape index (κ1) is 16.3. The number of rotatable bonds is 7. The van der Waals surface area contributed by atoms with Crippen molar-refractivity contribution in [1.82, 2.24) is 5.32 Å². The number of carbonyl (C=O) groups excluding carboxylic acids is 1. The fraction of sp³-hybridized carbons (Fsp3) is 0.308. The van der Waals surface area contributed by atoms with Crippen molar-refractivity contribution in [2.75, 3.05) is 12.4 Å². The number of phenolic OH excluding ortho intramolecular Hbond substituents is 1. The van der Waals surface area contributed by atoms with E-state index in [2.05, 4.69) is 10.6 Å². The maximum Gasteiger partial charge on any atom is 0.326 e. The van der Waals surface area contributed by atoms with E-state index in [9.17, 15) is 19.5 Å². The highest BCUT2D eigenvalue weighted by atomic mass is 16.4. The summed E-state index contributed by atoms with van der Waals surface area (Å²) in [6.07, 6.45) is -0.631. The van der Waals surface area contributed by atoms with Crippen molar-refractivity contribution >= 4 is 23.5 Å².